The van der Waals surface area contributed by atoms with Gasteiger partial charge in [0.1, 0.15) is 6.04 Å². The summed E-state index contributed by atoms with van der Waals surface area (Å²) < 4.78 is 25.4. The zero-order valence-electron chi connectivity index (χ0n) is 9.21. The molecular weight excluding hydrogens is 238 g/mol. The molecule has 1 atom stereocenters. The Morgan fingerprint density at radius 1 is 1.29 bits per heavy atom. The Hall–Kier alpha value is -1.89. The van der Waals surface area contributed by atoms with Crippen molar-refractivity contribution < 1.29 is 8.42 Å². The number of rotatable bonds is 4. The molecule has 6 heteroatoms. The molecule has 5 nitrogen and oxygen atoms in total. The van der Waals surface area contributed by atoms with Crippen molar-refractivity contribution in [3.8, 4) is 12.1 Å². The first-order valence-electron chi connectivity index (χ1n) is 4.85. The summed E-state index contributed by atoms with van der Waals surface area (Å²) in [6.07, 6.45) is 0. The molecule has 1 rings (SSSR count). The number of hydrogen-bond donors (Lipinski definition) is 1. The van der Waals surface area contributed by atoms with Crippen LogP contribution in [0.2, 0.25) is 0 Å². The third-order valence-electron chi connectivity index (χ3n) is 1.99. The van der Waals surface area contributed by atoms with E-state index in [-0.39, 0.29) is 5.75 Å². The molecule has 88 valence electrons. The number of hydrogen-bond acceptors (Lipinski definition) is 4. The van der Waals surface area contributed by atoms with E-state index in [0.717, 1.165) is 0 Å². The first kappa shape index (κ1) is 13.2. The van der Waals surface area contributed by atoms with Gasteiger partial charge in [-0.3, -0.25) is 0 Å². The molecule has 1 unspecified atom stereocenters. The van der Waals surface area contributed by atoms with Crippen LogP contribution in [0.1, 0.15) is 18.1 Å². The van der Waals surface area contributed by atoms with Gasteiger partial charge in [-0.25, -0.2) is 8.42 Å². The van der Waals surface area contributed by atoms with E-state index in [0.29, 0.717) is 11.1 Å². The first-order chi connectivity index (χ1) is 7.96. The summed E-state index contributed by atoms with van der Waals surface area (Å²) in [6.45, 7) is 1.47. The van der Waals surface area contributed by atoms with E-state index in [1.807, 2.05) is 6.07 Å². The fourth-order valence-electron chi connectivity index (χ4n) is 1.23. The van der Waals surface area contributed by atoms with Crippen molar-refractivity contribution in [2.24, 2.45) is 0 Å². The van der Waals surface area contributed by atoms with E-state index in [2.05, 4.69) is 4.72 Å². The fourth-order valence-corrected chi connectivity index (χ4v) is 2.54. The summed E-state index contributed by atoms with van der Waals surface area (Å²) in [5, 5.41) is 17.1. The molecule has 0 radical (unpaired) electrons. The van der Waals surface area contributed by atoms with Crippen LogP contribution in [-0.2, 0) is 15.8 Å². The van der Waals surface area contributed by atoms with Crippen molar-refractivity contribution in [2.45, 2.75) is 18.7 Å². The van der Waals surface area contributed by atoms with Crippen LogP contribution in [-0.4, -0.2) is 14.5 Å². The monoisotopic (exact) mass is 249 g/mol. The van der Waals surface area contributed by atoms with Crippen LogP contribution in [0.3, 0.4) is 0 Å². The number of nitrogens with zero attached hydrogens (tertiary/aromatic N) is 2. The second-order valence-corrected chi connectivity index (χ2v) is 5.29. The van der Waals surface area contributed by atoms with Gasteiger partial charge in [-0.05, 0) is 24.6 Å². The van der Waals surface area contributed by atoms with Crippen LogP contribution in [0.4, 0.5) is 0 Å². The molecule has 17 heavy (non-hydrogen) atoms. The molecular formula is C11H11N3O2S. The van der Waals surface area contributed by atoms with Gasteiger partial charge < -0.3 is 0 Å². The van der Waals surface area contributed by atoms with E-state index in [4.69, 9.17) is 10.5 Å². The third kappa shape index (κ3) is 4.23. The van der Waals surface area contributed by atoms with Crippen molar-refractivity contribution in [1.29, 1.82) is 10.5 Å². The summed E-state index contributed by atoms with van der Waals surface area (Å²) in [5.74, 6) is -0.204. The number of benzene rings is 1. The molecule has 0 bridgehead atoms. The number of sulfonamides is 1. The van der Waals surface area contributed by atoms with Gasteiger partial charge in [0.05, 0.1) is 23.5 Å². The van der Waals surface area contributed by atoms with Crippen molar-refractivity contribution in [1.82, 2.24) is 4.72 Å². The zero-order valence-corrected chi connectivity index (χ0v) is 10.0. The lowest BCUT2D eigenvalue weighted by molar-refractivity contribution is 0.576. The molecule has 0 saturated heterocycles. The van der Waals surface area contributed by atoms with Gasteiger partial charge in [-0.1, -0.05) is 12.1 Å². The highest BCUT2D eigenvalue weighted by Crippen LogP contribution is 2.07. The SMILES string of the molecule is CC(C#N)NS(=O)(=O)Cc1ccc(C#N)cc1. The molecule has 1 aromatic rings. The Morgan fingerprint density at radius 3 is 2.35 bits per heavy atom. The van der Waals surface area contributed by atoms with Crippen LogP contribution in [0.15, 0.2) is 24.3 Å². The Bertz CT molecular complexity index is 564. The normalized spacial score (nSPS) is 12.4. The van der Waals surface area contributed by atoms with Gasteiger partial charge in [0.15, 0.2) is 0 Å². The summed E-state index contributed by atoms with van der Waals surface area (Å²) in [7, 11) is -3.52. The Kier molecular flexibility index (Phi) is 4.22. The Labute approximate surface area is 100 Å². The van der Waals surface area contributed by atoms with Gasteiger partial charge in [0.25, 0.3) is 0 Å². The summed E-state index contributed by atoms with van der Waals surface area (Å²) in [5.41, 5.74) is 1.05. The molecule has 0 aliphatic rings. The quantitative estimate of drug-likeness (QED) is 0.857. The molecule has 1 aromatic carbocycles. The predicted molar refractivity (Wildman–Crippen MR) is 62.0 cm³/mol. The molecule has 0 saturated carbocycles. The molecule has 0 aliphatic heterocycles. The molecule has 1 N–H and O–H groups in total. The first-order valence-corrected chi connectivity index (χ1v) is 6.51. The number of nitriles is 2. The van der Waals surface area contributed by atoms with Gasteiger partial charge in [-0.2, -0.15) is 15.2 Å². The molecule has 0 heterocycles. The maximum atomic E-state index is 11.6. The average molecular weight is 249 g/mol. The van der Waals surface area contributed by atoms with Gasteiger partial charge >= 0.3 is 0 Å². The largest absolute Gasteiger partial charge is 0.216 e. The zero-order chi connectivity index (χ0) is 12.9. The fraction of sp³-hybridized carbons (Fsp3) is 0.273. The van der Waals surface area contributed by atoms with E-state index in [9.17, 15) is 8.42 Å². The average Bonchev–Trinajstić information content (AvgIpc) is 2.28. The van der Waals surface area contributed by atoms with Crippen molar-refractivity contribution in [3.05, 3.63) is 35.4 Å². The minimum absolute atomic E-state index is 0.204. The highest BCUT2D eigenvalue weighted by Gasteiger charge is 2.14. The molecule has 0 amide bonds. The molecule has 0 aromatic heterocycles. The molecule has 0 spiro atoms. The minimum Gasteiger partial charge on any atom is -0.212 e. The second kappa shape index (κ2) is 5.44. The van der Waals surface area contributed by atoms with Crippen LogP contribution in [0, 0.1) is 22.7 Å². The summed E-state index contributed by atoms with van der Waals surface area (Å²) >= 11 is 0. The topological polar surface area (TPSA) is 93.8 Å². The van der Waals surface area contributed by atoms with Crippen LogP contribution >= 0.6 is 0 Å². The highest BCUT2D eigenvalue weighted by atomic mass is 32.2. The summed E-state index contributed by atoms with van der Waals surface area (Å²) in [6, 6.07) is 9.26. The molecule has 0 aliphatic carbocycles. The second-order valence-electron chi connectivity index (χ2n) is 3.54. The van der Waals surface area contributed by atoms with E-state index in [1.165, 1.54) is 6.92 Å². The van der Waals surface area contributed by atoms with Crippen LogP contribution in [0.25, 0.3) is 0 Å². The van der Waals surface area contributed by atoms with E-state index in [1.54, 1.807) is 30.3 Å². The maximum absolute atomic E-state index is 11.6. The molecule has 0 fully saturated rings. The Balaban J connectivity index is 2.78. The van der Waals surface area contributed by atoms with Crippen molar-refractivity contribution in [2.75, 3.05) is 0 Å². The third-order valence-corrected chi connectivity index (χ3v) is 3.42. The van der Waals surface area contributed by atoms with E-state index < -0.39 is 16.1 Å². The smallest absolute Gasteiger partial charge is 0.212 e. The minimum atomic E-state index is -3.52. The van der Waals surface area contributed by atoms with Gasteiger partial charge in [-0.15, -0.1) is 0 Å². The predicted octanol–water partition coefficient (Wildman–Crippen LogP) is 0.890. The van der Waals surface area contributed by atoms with Crippen LogP contribution in [0.5, 0.6) is 0 Å². The lowest BCUT2D eigenvalue weighted by Gasteiger charge is -2.07. The highest BCUT2D eigenvalue weighted by molar-refractivity contribution is 7.88. The van der Waals surface area contributed by atoms with Crippen molar-refractivity contribution in [3.63, 3.8) is 0 Å². The van der Waals surface area contributed by atoms with E-state index >= 15 is 0 Å². The van der Waals surface area contributed by atoms with Crippen LogP contribution < -0.4 is 4.72 Å². The van der Waals surface area contributed by atoms with Gasteiger partial charge in [0.2, 0.25) is 10.0 Å². The standard InChI is InChI=1S/C11H11N3O2S/c1-9(6-12)14-17(15,16)8-11-4-2-10(7-13)3-5-11/h2-5,9,14H,8H2,1H3. The summed E-state index contributed by atoms with van der Waals surface area (Å²) in [4.78, 5) is 0. The van der Waals surface area contributed by atoms with Crippen molar-refractivity contribution >= 4 is 10.0 Å². The van der Waals surface area contributed by atoms with Gasteiger partial charge in [0, 0.05) is 0 Å². The lowest BCUT2D eigenvalue weighted by atomic mass is 10.2. The maximum Gasteiger partial charge on any atom is 0.216 e. The Morgan fingerprint density at radius 2 is 1.88 bits per heavy atom. The number of nitrogens with one attached hydrogen (secondary N) is 1. The lowest BCUT2D eigenvalue weighted by Crippen LogP contribution is -2.32.